The van der Waals surface area contributed by atoms with E-state index in [9.17, 15) is 0 Å². The van der Waals surface area contributed by atoms with Crippen molar-refractivity contribution in [3.05, 3.63) is 29.8 Å². The maximum atomic E-state index is 5.66. The Kier molecular flexibility index (Phi) is 4.93. The van der Waals surface area contributed by atoms with E-state index >= 15 is 0 Å². The third-order valence-electron chi connectivity index (χ3n) is 4.29. The Labute approximate surface area is 122 Å². The van der Waals surface area contributed by atoms with Crippen molar-refractivity contribution in [3.8, 4) is 0 Å². The van der Waals surface area contributed by atoms with Gasteiger partial charge in [-0.3, -0.25) is 0 Å². The van der Waals surface area contributed by atoms with Gasteiger partial charge in [0.2, 0.25) is 0 Å². The topological polar surface area (TPSA) is 33.3 Å². The molecule has 2 aliphatic rings. The second-order valence-electron chi connectivity index (χ2n) is 6.08. The lowest BCUT2D eigenvalue weighted by Crippen LogP contribution is -2.28. The number of rotatable bonds is 8. The third kappa shape index (κ3) is 3.97. The summed E-state index contributed by atoms with van der Waals surface area (Å²) in [5, 5.41) is 7.07. The highest BCUT2D eigenvalue weighted by atomic mass is 16.5. The van der Waals surface area contributed by atoms with Gasteiger partial charge in [-0.1, -0.05) is 18.2 Å². The molecule has 1 atom stereocenters. The molecule has 3 rings (SSSR count). The molecule has 1 saturated carbocycles. The van der Waals surface area contributed by atoms with Gasteiger partial charge in [0.15, 0.2) is 0 Å². The normalized spacial score (nSPS) is 21.3. The number of hydrogen-bond donors (Lipinski definition) is 2. The number of hydrogen-bond acceptors (Lipinski definition) is 3. The van der Waals surface area contributed by atoms with Crippen LogP contribution in [-0.2, 0) is 4.74 Å². The van der Waals surface area contributed by atoms with Gasteiger partial charge in [-0.15, -0.1) is 0 Å². The molecule has 20 heavy (non-hydrogen) atoms. The smallest absolute Gasteiger partial charge is 0.0494 e. The Bertz CT molecular complexity index is 417. The first-order chi connectivity index (χ1) is 9.93. The lowest BCUT2D eigenvalue weighted by molar-refractivity contribution is 0.122. The van der Waals surface area contributed by atoms with Crippen LogP contribution in [0.15, 0.2) is 24.3 Å². The molecule has 1 aliphatic heterocycles. The molecular formula is C17H26N2O. The first-order valence-electron chi connectivity index (χ1n) is 8.05. The summed E-state index contributed by atoms with van der Waals surface area (Å²) in [7, 11) is 0. The van der Waals surface area contributed by atoms with Gasteiger partial charge in [0.1, 0.15) is 0 Å². The van der Waals surface area contributed by atoms with E-state index in [-0.39, 0.29) is 0 Å². The highest BCUT2D eigenvalue weighted by Crippen LogP contribution is 2.30. The molecule has 0 saturated heterocycles. The van der Waals surface area contributed by atoms with Gasteiger partial charge in [0.05, 0.1) is 0 Å². The predicted molar refractivity (Wildman–Crippen MR) is 83.3 cm³/mol. The van der Waals surface area contributed by atoms with E-state index in [4.69, 9.17) is 4.74 Å². The summed E-state index contributed by atoms with van der Waals surface area (Å²) >= 11 is 0. The van der Waals surface area contributed by atoms with E-state index in [2.05, 4.69) is 34.9 Å². The summed E-state index contributed by atoms with van der Waals surface area (Å²) in [4.78, 5) is 0. The molecule has 1 aromatic rings. The number of ether oxygens (including phenoxy) is 1. The van der Waals surface area contributed by atoms with E-state index in [1.165, 1.54) is 30.5 Å². The number of para-hydroxylation sites is 1. The molecule has 1 aliphatic carbocycles. The fraction of sp³-hybridized carbons (Fsp3) is 0.647. The maximum absolute atomic E-state index is 5.66. The zero-order chi connectivity index (χ0) is 13.6. The predicted octanol–water partition coefficient (Wildman–Crippen LogP) is 2.99. The Morgan fingerprint density at radius 3 is 3.00 bits per heavy atom. The largest absolute Gasteiger partial charge is 0.385 e. The third-order valence-corrected chi connectivity index (χ3v) is 4.29. The zero-order valence-corrected chi connectivity index (χ0v) is 12.2. The van der Waals surface area contributed by atoms with Crippen LogP contribution in [0.1, 0.15) is 37.2 Å². The highest BCUT2D eigenvalue weighted by molar-refractivity contribution is 5.54. The van der Waals surface area contributed by atoms with Gasteiger partial charge >= 0.3 is 0 Å². The average molecular weight is 274 g/mol. The second-order valence-corrected chi connectivity index (χ2v) is 6.08. The van der Waals surface area contributed by atoms with Crippen molar-refractivity contribution < 1.29 is 4.74 Å². The van der Waals surface area contributed by atoms with Crippen LogP contribution in [0.25, 0.3) is 0 Å². The van der Waals surface area contributed by atoms with E-state index in [0.717, 1.165) is 45.2 Å². The van der Waals surface area contributed by atoms with Gasteiger partial charge in [0.25, 0.3) is 0 Å². The quantitative estimate of drug-likeness (QED) is 0.715. The Morgan fingerprint density at radius 2 is 2.10 bits per heavy atom. The standard InChI is InChI=1S/C17H26N2O/c1-2-5-17-16(4-1)15(8-10-19-17)12-18-9-3-11-20-13-14-6-7-14/h1-2,4-5,14-15,18-19H,3,6-13H2. The summed E-state index contributed by atoms with van der Waals surface area (Å²) in [6, 6.07) is 8.70. The molecule has 1 fully saturated rings. The first-order valence-corrected chi connectivity index (χ1v) is 8.05. The van der Waals surface area contributed by atoms with Crippen molar-refractivity contribution in [2.75, 3.05) is 38.2 Å². The summed E-state index contributed by atoms with van der Waals surface area (Å²) in [5.41, 5.74) is 2.79. The average Bonchev–Trinajstić information content (AvgIpc) is 3.30. The minimum atomic E-state index is 0.653. The Balaban J connectivity index is 1.32. The van der Waals surface area contributed by atoms with E-state index < -0.39 is 0 Å². The van der Waals surface area contributed by atoms with Crippen LogP contribution in [0, 0.1) is 5.92 Å². The molecule has 110 valence electrons. The van der Waals surface area contributed by atoms with Crippen molar-refractivity contribution in [2.24, 2.45) is 5.92 Å². The molecule has 0 aromatic heterocycles. The lowest BCUT2D eigenvalue weighted by atomic mass is 9.91. The molecule has 0 bridgehead atoms. The summed E-state index contributed by atoms with van der Waals surface area (Å²) < 4.78 is 5.66. The summed E-state index contributed by atoms with van der Waals surface area (Å²) in [6.45, 7) is 5.14. The fourth-order valence-electron chi connectivity index (χ4n) is 2.87. The minimum Gasteiger partial charge on any atom is -0.385 e. The van der Waals surface area contributed by atoms with Crippen molar-refractivity contribution in [1.82, 2.24) is 5.32 Å². The Hall–Kier alpha value is -1.06. The molecule has 1 heterocycles. The van der Waals surface area contributed by atoms with Crippen molar-refractivity contribution >= 4 is 5.69 Å². The molecule has 3 heteroatoms. The van der Waals surface area contributed by atoms with Crippen molar-refractivity contribution in [1.29, 1.82) is 0 Å². The number of fused-ring (bicyclic) bond motifs is 1. The summed E-state index contributed by atoms with van der Waals surface area (Å²) in [5.74, 6) is 1.54. The SMILES string of the molecule is c1ccc2c(c1)NCCC2CNCCCOCC1CC1. The van der Waals surface area contributed by atoms with Crippen LogP contribution in [0.5, 0.6) is 0 Å². The monoisotopic (exact) mass is 274 g/mol. The van der Waals surface area contributed by atoms with Gasteiger partial charge in [0, 0.05) is 37.9 Å². The molecule has 0 spiro atoms. The fourth-order valence-corrected chi connectivity index (χ4v) is 2.87. The second kappa shape index (κ2) is 7.09. The molecule has 3 nitrogen and oxygen atoms in total. The van der Waals surface area contributed by atoms with Crippen LogP contribution >= 0.6 is 0 Å². The number of anilines is 1. The first kappa shape index (κ1) is 13.9. The van der Waals surface area contributed by atoms with Crippen molar-refractivity contribution in [3.63, 3.8) is 0 Å². The van der Waals surface area contributed by atoms with Gasteiger partial charge in [-0.2, -0.15) is 0 Å². The van der Waals surface area contributed by atoms with Gasteiger partial charge < -0.3 is 15.4 Å². The van der Waals surface area contributed by atoms with Crippen LogP contribution in [0.3, 0.4) is 0 Å². The maximum Gasteiger partial charge on any atom is 0.0494 e. The van der Waals surface area contributed by atoms with Crippen LogP contribution in [0.4, 0.5) is 5.69 Å². The number of nitrogens with one attached hydrogen (secondary N) is 2. The molecule has 1 unspecified atom stereocenters. The molecule has 0 radical (unpaired) electrons. The van der Waals surface area contributed by atoms with E-state index in [1.54, 1.807) is 0 Å². The lowest BCUT2D eigenvalue weighted by Gasteiger charge is -2.27. The van der Waals surface area contributed by atoms with Crippen molar-refractivity contribution in [2.45, 2.75) is 31.6 Å². The van der Waals surface area contributed by atoms with E-state index in [1.807, 2.05) is 0 Å². The van der Waals surface area contributed by atoms with Crippen LogP contribution in [0.2, 0.25) is 0 Å². The molecular weight excluding hydrogens is 248 g/mol. The molecule has 2 N–H and O–H groups in total. The molecule has 0 amide bonds. The number of benzene rings is 1. The van der Waals surface area contributed by atoms with Gasteiger partial charge in [-0.05, 0) is 49.8 Å². The summed E-state index contributed by atoms with van der Waals surface area (Å²) in [6.07, 6.45) is 5.11. The minimum absolute atomic E-state index is 0.653. The Morgan fingerprint density at radius 1 is 1.20 bits per heavy atom. The zero-order valence-electron chi connectivity index (χ0n) is 12.2. The van der Waals surface area contributed by atoms with Crippen LogP contribution < -0.4 is 10.6 Å². The van der Waals surface area contributed by atoms with E-state index in [0.29, 0.717) is 5.92 Å². The van der Waals surface area contributed by atoms with Gasteiger partial charge in [-0.25, -0.2) is 0 Å². The van der Waals surface area contributed by atoms with Crippen LogP contribution in [-0.4, -0.2) is 32.8 Å². The highest BCUT2D eigenvalue weighted by Gasteiger charge is 2.21. The molecule has 1 aromatic carbocycles.